The summed E-state index contributed by atoms with van der Waals surface area (Å²) < 4.78 is 4.69. The van der Waals surface area contributed by atoms with Crippen molar-refractivity contribution in [3.63, 3.8) is 0 Å². The molecule has 0 heterocycles. The first-order valence-corrected chi connectivity index (χ1v) is 5.00. The standard InChI is InChI=1S/C12H12N2O3/c1-2-17-12(16)9(7-13)8-14-10-4-3-5-11(15)6-10/h3-6,8,14-15H,2H2,1H3/b9-8+. The lowest BCUT2D eigenvalue weighted by Gasteiger charge is -2.03. The van der Waals surface area contributed by atoms with Crippen LogP contribution in [0.25, 0.3) is 0 Å². The molecule has 17 heavy (non-hydrogen) atoms. The van der Waals surface area contributed by atoms with E-state index in [1.54, 1.807) is 25.1 Å². The van der Waals surface area contributed by atoms with Gasteiger partial charge in [-0.25, -0.2) is 4.79 Å². The van der Waals surface area contributed by atoms with Gasteiger partial charge in [-0.15, -0.1) is 0 Å². The molecule has 2 N–H and O–H groups in total. The Morgan fingerprint density at radius 1 is 1.65 bits per heavy atom. The van der Waals surface area contributed by atoms with Crippen LogP contribution in [0, 0.1) is 11.3 Å². The predicted molar refractivity (Wildman–Crippen MR) is 62.1 cm³/mol. The van der Waals surface area contributed by atoms with Gasteiger partial charge in [0.25, 0.3) is 0 Å². The maximum absolute atomic E-state index is 11.3. The molecule has 0 bridgehead atoms. The van der Waals surface area contributed by atoms with Crippen molar-refractivity contribution >= 4 is 11.7 Å². The summed E-state index contributed by atoms with van der Waals surface area (Å²) in [5.41, 5.74) is 0.442. The van der Waals surface area contributed by atoms with E-state index in [-0.39, 0.29) is 17.9 Å². The SMILES string of the molecule is CCOC(=O)/C(C#N)=C/Nc1cccc(O)c1. The molecule has 0 aliphatic carbocycles. The van der Waals surface area contributed by atoms with E-state index < -0.39 is 5.97 Å². The molecule has 0 saturated heterocycles. The number of rotatable bonds is 4. The Morgan fingerprint density at radius 2 is 2.41 bits per heavy atom. The van der Waals surface area contributed by atoms with Crippen molar-refractivity contribution in [1.29, 1.82) is 5.26 Å². The van der Waals surface area contributed by atoms with Gasteiger partial charge in [0, 0.05) is 18.0 Å². The summed E-state index contributed by atoms with van der Waals surface area (Å²) in [7, 11) is 0. The minimum absolute atomic E-state index is 0.0954. The molecule has 5 heteroatoms. The van der Waals surface area contributed by atoms with Crippen LogP contribution in [0.15, 0.2) is 36.0 Å². The third-order valence-electron chi connectivity index (χ3n) is 1.85. The van der Waals surface area contributed by atoms with Crippen LogP contribution in [-0.2, 0) is 9.53 Å². The average Bonchev–Trinajstić information content (AvgIpc) is 2.30. The Balaban J connectivity index is 2.75. The molecule has 0 aliphatic rings. The van der Waals surface area contributed by atoms with E-state index >= 15 is 0 Å². The molecule has 0 aromatic heterocycles. The highest BCUT2D eigenvalue weighted by molar-refractivity contribution is 5.93. The molecule has 1 rings (SSSR count). The molecule has 0 atom stereocenters. The molecule has 5 nitrogen and oxygen atoms in total. The predicted octanol–water partition coefficient (Wildman–Crippen LogP) is 1.77. The number of phenolic OH excluding ortho intramolecular Hbond substituents is 1. The first-order valence-electron chi connectivity index (χ1n) is 5.00. The van der Waals surface area contributed by atoms with Crippen molar-refractivity contribution in [3.05, 3.63) is 36.0 Å². The van der Waals surface area contributed by atoms with Gasteiger partial charge in [0.2, 0.25) is 0 Å². The van der Waals surface area contributed by atoms with Crippen molar-refractivity contribution in [1.82, 2.24) is 0 Å². The highest BCUT2D eigenvalue weighted by Crippen LogP contribution is 2.15. The zero-order valence-electron chi connectivity index (χ0n) is 9.30. The number of phenols is 1. The van der Waals surface area contributed by atoms with Crippen molar-refractivity contribution in [2.45, 2.75) is 6.92 Å². The van der Waals surface area contributed by atoms with Crippen LogP contribution in [0.2, 0.25) is 0 Å². The molecule has 1 aromatic carbocycles. The Bertz CT molecular complexity index is 475. The zero-order valence-corrected chi connectivity index (χ0v) is 9.30. The lowest BCUT2D eigenvalue weighted by atomic mass is 10.3. The van der Waals surface area contributed by atoms with Crippen LogP contribution >= 0.6 is 0 Å². The van der Waals surface area contributed by atoms with Crippen LogP contribution in [0.5, 0.6) is 5.75 Å². The average molecular weight is 232 g/mol. The number of nitrogens with one attached hydrogen (secondary N) is 1. The first-order chi connectivity index (χ1) is 8.17. The highest BCUT2D eigenvalue weighted by atomic mass is 16.5. The van der Waals surface area contributed by atoms with Gasteiger partial charge in [-0.05, 0) is 19.1 Å². The maximum atomic E-state index is 11.3. The Hall–Kier alpha value is -2.48. The van der Waals surface area contributed by atoms with Gasteiger partial charge >= 0.3 is 5.97 Å². The monoisotopic (exact) mass is 232 g/mol. The molecule has 88 valence electrons. The summed E-state index contributed by atoms with van der Waals surface area (Å²) in [5.74, 6) is -0.583. The summed E-state index contributed by atoms with van der Waals surface area (Å²) >= 11 is 0. The molecule has 1 aromatic rings. The fraction of sp³-hybridized carbons (Fsp3) is 0.167. The number of esters is 1. The van der Waals surface area contributed by atoms with Crippen molar-refractivity contribution in [2.24, 2.45) is 0 Å². The number of benzene rings is 1. The van der Waals surface area contributed by atoms with Gasteiger partial charge in [-0.3, -0.25) is 0 Å². The summed E-state index contributed by atoms with van der Waals surface area (Å²) in [6, 6.07) is 8.05. The van der Waals surface area contributed by atoms with Gasteiger partial charge in [0.05, 0.1) is 6.61 Å². The second-order valence-corrected chi connectivity index (χ2v) is 3.08. The molecule has 0 fully saturated rings. The minimum atomic E-state index is -0.678. The summed E-state index contributed by atoms with van der Waals surface area (Å²) in [6.07, 6.45) is 1.24. The Morgan fingerprint density at radius 3 is 3.00 bits per heavy atom. The fourth-order valence-corrected chi connectivity index (χ4v) is 1.10. The number of carbonyl (C=O) groups excluding carboxylic acids is 1. The van der Waals surface area contributed by atoms with E-state index in [1.165, 1.54) is 18.3 Å². The van der Waals surface area contributed by atoms with Crippen LogP contribution in [0.4, 0.5) is 5.69 Å². The summed E-state index contributed by atoms with van der Waals surface area (Å²) in [4.78, 5) is 11.3. The zero-order chi connectivity index (χ0) is 12.7. The molecule has 0 saturated carbocycles. The third kappa shape index (κ3) is 3.87. The number of hydrogen-bond donors (Lipinski definition) is 2. The normalized spacial score (nSPS) is 10.5. The Labute approximate surface area is 98.9 Å². The topological polar surface area (TPSA) is 82.4 Å². The second-order valence-electron chi connectivity index (χ2n) is 3.08. The van der Waals surface area contributed by atoms with Gasteiger partial charge in [0.1, 0.15) is 11.8 Å². The smallest absolute Gasteiger partial charge is 0.350 e. The number of carbonyl (C=O) groups is 1. The van der Waals surface area contributed by atoms with E-state index in [2.05, 4.69) is 10.1 Å². The van der Waals surface area contributed by atoms with Crippen LogP contribution in [0.3, 0.4) is 0 Å². The molecular formula is C12H12N2O3. The van der Waals surface area contributed by atoms with Crippen LogP contribution in [0.1, 0.15) is 6.92 Å². The molecule has 0 radical (unpaired) electrons. The van der Waals surface area contributed by atoms with Crippen molar-refractivity contribution in [3.8, 4) is 11.8 Å². The van der Waals surface area contributed by atoms with Crippen LogP contribution < -0.4 is 5.32 Å². The van der Waals surface area contributed by atoms with Gasteiger partial charge < -0.3 is 15.2 Å². The number of hydrogen-bond acceptors (Lipinski definition) is 5. The fourth-order valence-electron chi connectivity index (χ4n) is 1.10. The van der Waals surface area contributed by atoms with Crippen molar-refractivity contribution in [2.75, 3.05) is 11.9 Å². The molecular weight excluding hydrogens is 220 g/mol. The molecule has 0 unspecified atom stereocenters. The molecule has 0 spiro atoms. The lowest BCUT2D eigenvalue weighted by molar-refractivity contribution is -0.138. The second kappa shape index (κ2) is 6.18. The number of anilines is 1. The number of ether oxygens (including phenoxy) is 1. The van der Waals surface area contributed by atoms with E-state index in [4.69, 9.17) is 5.26 Å². The van der Waals surface area contributed by atoms with Gasteiger partial charge in [-0.1, -0.05) is 6.07 Å². The molecule has 0 aliphatic heterocycles. The van der Waals surface area contributed by atoms with Gasteiger partial charge in [-0.2, -0.15) is 5.26 Å². The number of aromatic hydroxyl groups is 1. The Kier molecular flexibility index (Phi) is 4.58. The number of nitriles is 1. The summed E-state index contributed by atoms with van der Waals surface area (Å²) in [6.45, 7) is 1.87. The third-order valence-corrected chi connectivity index (χ3v) is 1.85. The van der Waals surface area contributed by atoms with Gasteiger partial charge in [0.15, 0.2) is 5.57 Å². The van der Waals surface area contributed by atoms with Crippen molar-refractivity contribution < 1.29 is 14.6 Å². The van der Waals surface area contributed by atoms with E-state index in [9.17, 15) is 9.90 Å². The summed E-state index contributed by atoms with van der Waals surface area (Å²) in [5, 5.41) is 20.7. The molecule has 0 amide bonds. The van der Waals surface area contributed by atoms with Crippen LogP contribution in [-0.4, -0.2) is 17.7 Å². The number of nitrogens with zero attached hydrogens (tertiary/aromatic N) is 1. The maximum Gasteiger partial charge on any atom is 0.350 e. The largest absolute Gasteiger partial charge is 0.508 e. The quantitative estimate of drug-likeness (QED) is 0.469. The van der Waals surface area contributed by atoms with E-state index in [1.807, 2.05) is 0 Å². The first kappa shape index (κ1) is 12.6. The van der Waals surface area contributed by atoms with E-state index in [0.717, 1.165) is 0 Å². The minimum Gasteiger partial charge on any atom is -0.508 e. The van der Waals surface area contributed by atoms with E-state index in [0.29, 0.717) is 5.69 Å². The highest BCUT2D eigenvalue weighted by Gasteiger charge is 2.08. The lowest BCUT2D eigenvalue weighted by Crippen LogP contribution is -2.07.